The monoisotopic (exact) mass is 427 g/mol. The third kappa shape index (κ3) is 4.51. The van der Waals surface area contributed by atoms with Crippen LogP contribution < -0.4 is 9.47 Å². The van der Waals surface area contributed by atoms with E-state index >= 15 is 0 Å². The number of carbonyl (C=O) groups is 2. The Morgan fingerprint density at radius 3 is 2.50 bits per heavy atom. The molecular formula is C16H18BrN3O6. The van der Waals surface area contributed by atoms with E-state index in [9.17, 15) is 9.59 Å². The molecular weight excluding hydrogens is 410 g/mol. The molecule has 0 atom stereocenters. The number of nitrogens with zero attached hydrogens (tertiary/aromatic N) is 2. The van der Waals surface area contributed by atoms with E-state index in [-0.39, 0.29) is 18.9 Å². The zero-order valence-electron chi connectivity index (χ0n) is 14.5. The van der Waals surface area contributed by atoms with Gasteiger partial charge in [-0.05, 0) is 41.9 Å². The number of halogens is 1. The summed E-state index contributed by atoms with van der Waals surface area (Å²) in [5.41, 5.74) is 0.907. The number of nitrogens with one attached hydrogen (secondary N) is 1. The van der Waals surface area contributed by atoms with Gasteiger partial charge in [0.1, 0.15) is 5.69 Å². The van der Waals surface area contributed by atoms with E-state index < -0.39 is 11.9 Å². The maximum absolute atomic E-state index is 12.0. The molecule has 0 fully saturated rings. The summed E-state index contributed by atoms with van der Waals surface area (Å²) < 4.78 is 21.1. The van der Waals surface area contributed by atoms with Crippen LogP contribution in [0.15, 0.2) is 16.6 Å². The normalized spacial score (nSPS) is 10.3. The van der Waals surface area contributed by atoms with Crippen molar-refractivity contribution >= 4 is 27.9 Å². The highest BCUT2D eigenvalue weighted by molar-refractivity contribution is 9.10. The minimum Gasteiger partial charge on any atom is -0.490 e. The van der Waals surface area contributed by atoms with Crippen molar-refractivity contribution in [2.24, 2.45) is 0 Å². The number of H-pyrrole nitrogens is 1. The van der Waals surface area contributed by atoms with Crippen LogP contribution >= 0.6 is 15.9 Å². The first-order valence-electron chi connectivity index (χ1n) is 7.75. The van der Waals surface area contributed by atoms with Gasteiger partial charge >= 0.3 is 11.9 Å². The Kier molecular flexibility index (Phi) is 6.96. The highest BCUT2D eigenvalue weighted by Gasteiger charge is 2.23. The standard InChI is InChI=1S/C16H18BrN3O6/c1-4-24-11-6-9(10(17)7-12(11)26-8-13(21)23-3)14-15(19-20-18-14)16(22)25-5-2/h6-7H,4-5,8H2,1-3H3,(H,18,19,20). The highest BCUT2D eigenvalue weighted by Crippen LogP contribution is 2.39. The van der Waals surface area contributed by atoms with Gasteiger partial charge < -0.3 is 18.9 Å². The number of ether oxygens (including phenoxy) is 4. The molecule has 2 aromatic rings. The van der Waals surface area contributed by atoms with Crippen LogP contribution in [0.1, 0.15) is 24.3 Å². The minimum atomic E-state index is -0.591. The molecule has 0 saturated heterocycles. The van der Waals surface area contributed by atoms with E-state index in [1.54, 1.807) is 19.1 Å². The lowest BCUT2D eigenvalue weighted by atomic mass is 10.1. The van der Waals surface area contributed by atoms with Crippen molar-refractivity contribution in [3.63, 3.8) is 0 Å². The van der Waals surface area contributed by atoms with Gasteiger partial charge in [0.2, 0.25) is 0 Å². The van der Waals surface area contributed by atoms with Crippen LogP contribution in [0.4, 0.5) is 0 Å². The smallest absolute Gasteiger partial charge is 0.361 e. The quantitative estimate of drug-likeness (QED) is 0.638. The number of carbonyl (C=O) groups excluding carboxylic acids is 2. The maximum Gasteiger partial charge on any atom is 0.361 e. The van der Waals surface area contributed by atoms with Crippen LogP contribution in [-0.2, 0) is 14.3 Å². The maximum atomic E-state index is 12.0. The number of methoxy groups -OCH3 is 1. The average Bonchev–Trinajstić information content (AvgIpc) is 3.11. The van der Waals surface area contributed by atoms with E-state index in [2.05, 4.69) is 36.1 Å². The number of esters is 2. The predicted molar refractivity (Wildman–Crippen MR) is 94.2 cm³/mol. The Morgan fingerprint density at radius 2 is 1.85 bits per heavy atom. The van der Waals surface area contributed by atoms with Crippen LogP contribution in [-0.4, -0.2) is 54.3 Å². The zero-order valence-corrected chi connectivity index (χ0v) is 16.1. The van der Waals surface area contributed by atoms with Gasteiger partial charge in [-0.1, -0.05) is 0 Å². The first-order valence-corrected chi connectivity index (χ1v) is 8.55. The SMILES string of the molecule is CCOC(=O)c1n[nH]nc1-c1cc(OCC)c(OCC(=O)OC)cc1Br. The molecule has 0 aliphatic heterocycles. The van der Waals surface area contributed by atoms with Crippen LogP contribution in [0.5, 0.6) is 11.5 Å². The lowest BCUT2D eigenvalue weighted by Crippen LogP contribution is -2.13. The van der Waals surface area contributed by atoms with Gasteiger partial charge in [-0.3, -0.25) is 0 Å². The molecule has 1 aromatic heterocycles. The Morgan fingerprint density at radius 1 is 1.12 bits per heavy atom. The van der Waals surface area contributed by atoms with Crippen molar-refractivity contribution in [3.8, 4) is 22.8 Å². The summed E-state index contributed by atoms with van der Waals surface area (Å²) in [4.78, 5) is 23.3. The highest BCUT2D eigenvalue weighted by atomic mass is 79.9. The van der Waals surface area contributed by atoms with Crippen molar-refractivity contribution in [2.75, 3.05) is 26.9 Å². The molecule has 140 valence electrons. The van der Waals surface area contributed by atoms with Gasteiger partial charge in [-0.15, -0.1) is 5.10 Å². The predicted octanol–water partition coefficient (Wildman–Crippen LogP) is 2.36. The van der Waals surface area contributed by atoms with Crippen molar-refractivity contribution in [1.29, 1.82) is 0 Å². The first-order chi connectivity index (χ1) is 12.5. The molecule has 0 bridgehead atoms. The number of benzene rings is 1. The molecule has 0 aliphatic carbocycles. The molecule has 0 radical (unpaired) electrons. The molecule has 10 heteroatoms. The second-order valence-corrected chi connectivity index (χ2v) is 5.67. The molecule has 0 amide bonds. The topological polar surface area (TPSA) is 113 Å². The fourth-order valence-electron chi connectivity index (χ4n) is 2.05. The molecule has 2 rings (SSSR count). The third-order valence-corrected chi connectivity index (χ3v) is 3.83. The Balaban J connectivity index is 2.42. The second-order valence-electron chi connectivity index (χ2n) is 4.82. The van der Waals surface area contributed by atoms with E-state index in [0.717, 1.165) is 0 Å². The number of aromatic amines is 1. The van der Waals surface area contributed by atoms with Crippen molar-refractivity contribution < 1.29 is 28.5 Å². The molecule has 0 spiro atoms. The lowest BCUT2D eigenvalue weighted by molar-refractivity contribution is -0.142. The summed E-state index contributed by atoms with van der Waals surface area (Å²) in [6, 6.07) is 3.26. The molecule has 0 saturated carbocycles. The number of hydrogen-bond donors (Lipinski definition) is 1. The van der Waals surface area contributed by atoms with Gasteiger partial charge in [0.25, 0.3) is 0 Å². The largest absolute Gasteiger partial charge is 0.490 e. The van der Waals surface area contributed by atoms with E-state index in [4.69, 9.17) is 14.2 Å². The van der Waals surface area contributed by atoms with Crippen molar-refractivity contribution in [3.05, 3.63) is 22.3 Å². The molecule has 0 unspecified atom stereocenters. The molecule has 1 N–H and O–H groups in total. The van der Waals surface area contributed by atoms with Crippen LogP contribution in [0.3, 0.4) is 0 Å². The number of rotatable bonds is 8. The molecule has 26 heavy (non-hydrogen) atoms. The summed E-state index contributed by atoms with van der Waals surface area (Å²) in [6.07, 6.45) is 0. The van der Waals surface area contributed by atoms with Gasteiger partial charge in [0.15, 0.2) is 23.8 Å². The first kappa shape index (κ1) is 19.7. The van der Waals surface area contributed by atoms with Crippen LogP contribution in [0.2, 0.25) is 0 Å². The second kappa shape index (κ2) is 9.18. The van der Waals surface area contributed by atoms with Crippen LogP contribution in [0, 0.1) is 0 Å². The summed E-state index contributed by atoms with van der Waals surface area (Å²) >= 11 is 3.41. The van der Waals surface area contributed by atoms with E-state index in [1.165, 1.54) is 7.11 Å². The molecule has 9 nitrogen and oxygen atoms in total. The van der Waals surface area contributed by atoms with Gasteiger partial charge in [-0.25, -0.2) is 9.59 Å². The molecule has 1 heterocycles. The summed E-state index contributed by atoms with van der Waals surface area (Å²) in [6.45, 7) is 3.84. The molecule has 1 aromatic carbocycles. The summed E-state index contributed by atoms with van der Waals surface area (Å²) in [5, 5.41) is 10.3. The number of hydrogen-bond acceptors (Lipinski definition) is 8. The van der Waals surface area contributed by atoms with Crippen LogP contribution in [0.25, 0.3) is 11.3 Å². The van der Waals surface area contributed by atoms with Gasteiger partial charge in [0, 0.05) is 10.0 Å². The van der Waals surface area contributed by atoms with Gasteiger partial charge in [0.05, 0.1) is 20.3 Å². The summed E-state index contributed by atoms with van der Waals surface area (Å²) in [5.74, 6) is -0.387. The Hall–Kier alpha value is -2.62. The minimum absolute atomic E-state index is 0.0539. The van der Waals surface area contributed by atoms with Crippen molar-refractivity contribution in [1.82, 2.24) is 15.4 Å². The third-order valence-electron chi connectivity index (χ3n) is 3.18. The average molecular weight is 428 g/mol. The number of aromatic nitrogens is 3. The fourth-order valence-corrected chi connectivity index (χ4v) is 2.56. The Labute approximate surface area is 158 Å². The fraction of sp³-hybridized carbons (Fsp3) is 0.375. The molecule has 0 aliphatic rings. The lowest BCUT2D eigenvalue weighted by Gasteiger charge is -2.14. The zero-order chi connectivity index (χ0) is 19.1. The van der Waals surface area contributed by atoms with Gasteiger partial charge in [-0.2, -0.15) is 10.3 Å². The summed E-state index contributed by atoms with van der Waals surface area (Å²) in [7, 11) is 1.27. The van der Waals surface area contributed by atoms with E-state index in [1.807, 2.05) is 6.92 Å². The Bertz CT molecular complexity index is 792. The van der Waals surface area contributed by atoms with Crippen molar-refractivity contribution in [2.45, 2.75) is 13.8 Å². The van der Waals surface area contributed by atoms with E-state index in [0.29, 0.717) is 33.8 Å².